The molecule has 1 aliphatic rings. The Morgan fingerprint density at radius 3 is 2.75 bits per heavy atom. The van der Waals surface area contributed by atoms with Gasteiger partial charge in [0.15, 0.2) is 0 Å². The van der Waals surface area contributed by atoms with E-state index < -0.39 is 0 Å². The van der Waals surface area contributed by atoms with E-state index in [4.69, 9.17) is 11.6 Å². The lowest BCUT2D eigenvalue weighted by molar-refractivity contribution is 0.608. The van der Waals surface area contributed by atoms with Gasteiger partial charge in [0, 0.05) is 29.1 Å². The summed E-state index contributed by atoms with van der Waals surface area (Å²) in [6.07, 6.45) is 2.76. The number of nitrogens with zero attached hydrogens (tertiary/aromatic N) is 1. The topological polar surface area (TPSA) is 3.24 Å². The van der Waals surface area contributed by atoms with E-state index in [0.717, 1.165) is 16.3 Å². The van der Waals surface area contributed by atoms with Crippen LogP contribution in [0, 0.1) is 5.92 Å². The Morgan fingerprint density at radius 2 is 2.19 bits per heavy atom. The standard InChI is InChI=1S/C13H17BrClN/c1-9(10-3-4-10)16(2)13-6-5-12(15)7-11(13)8-14/h5-7,9-10H,3-4,8H2,1-2H3. The smallest absolute Gasteiger partial charge is 0.0410 e. The first kappa shape index (κ1) is 12.3. The molecule has 3 heteroatoms. The van der Waals surface area contributed by atoms with Gasteiger partial charge in [-0.3, -0.25) is 0 Å². The van der Waals surface area contributed by atoms with Crippen LogP contribution in [0.2, 0.25) is 5.02 Å². The van der Waals surface area contributed by atoms with Gasteiger partial charge < -0.3 is 4.90 Å². The molecule has 2 rings (SSSR count). The second-order valence-corrected chi connectivity index (χ2v) is 5.59. The Bertz CT molecular complexity index is 376. The summed E-state index contributed by atoms with van der Waals surface area (Å²) in [7, 11) is 2.18. The van der Waals surface area contributed by atoms with E-state index in [1.807, 2.05) is 12.1 Å². The first-order valence-corrected chi connectivity index (χ1v) is 7.20. The molecule has 1 fully saturated rings. The molecule has 0 amide bonds. The summed E-state index contributed by atoms with van der Waals surface area (Å²) < 4.78 is 0. The average Bonchev–Trinajstić information content (AvgIpc) is 3.10. The molecule has 88 valence electrons. The second kappa shape index (κ2) is 4.97. The van der Waals surface area contributed by atoms with Crippen molar-refractivity contribution in [3.8, 4) is 0 Å². The number of alkyl halides is 1. The third-order valence-electron chi connectivity index (χ3n) is 3.48. The first-order valence-electron chi connectivity index (χ1n) is 5.70. The van der Waals surface area contributed by atoms with Crippen molar-refractivity contribution in [2.75, 3.05) is 11.9 Å². The fourth-order valence-electron chi connectivity index (χ4n) is 2.12. The third-order valence-corrected chi connectivity index (χ3v) is 4.32. The molecule has 0 radical (unpaired) electrons. The molecular formula is C13H17BrClN. The molecular weight excluding hydrogens is 286 g/mol. The van der Waals surface area contributed by atoms with Crippen molar-refractivity contribution in [1.82, 2.24) is 0 Å². The van der Waals surface area contributed by atoms with Crippen molar-refractivity contribution in [1.29, 1.82) is 0 Å². The van der Waals surface area contributed by atoms with Crippen LogP contribution in [-0.2, 0) is 5.33 Å². The fourth-order valence-corrected chi connectivity index (χ4v) is 2.76. The van der Waals surface area contributed by atoms with Crippen LogP contribution in [0.25, 0.3) is 0 Å². The minimum Gasteiger partial charge on any atom is -0.371 e. The Balaban J connectivity index is 2.23. The maximum atomic E-state index is 6.02. The van der Waals surface area contributed by atoms with E-state index in [-0.39, 0.29) is 0 Å². The Labute approximate surface area is 111 Å². The van der Waals surface area contributed by atoms with Crippen LogP contribution in [0.1, 0.15) is 25.3 Å². The largest absolute Gasteiger partial charge is 0.371 e. The van der Waals surface area contributed by atoms with Crippen LogP contribution < -0.4 is 4.90 Å². The van der Waals surface area contributed by atoms with Crippen LogP contribution in [0.5, 0.6) is 0 Å². The van der Waals surface area contributed by atoms with Crippen molar-refractivity contribution in [3.63, 3.8) is 0 Å². The van der Waals surface area contributed by atoms with Gasteiger partial charge in [0.2, 0.25) is 0 Å². The Hall–Kier alpha value is -0.210. The SMILES string of the molecule is CC(C1CC1)N(C)c1ccc(Cl)cc1CBr. The van der Waals surface area contributed by atoms with E-state index in [9.17, 15) is 0 Å². The van der Waals surface area contributed by atoms with Crippen LogP contribution in [-0.4, -0.2) is 13.1 Å². The summed E-state index contributed by atoms with van der Waals surface area (Å²) in [6, 6.07) is 6.76. The number of rotatable bonds is 4. The van der Waals surface area contributed by atoms with Gasteiger partial charge in [-0.25, -0.2) is 0 Å². The zero-order chi connectivity index (χ0) is 11.7. The number of anilines is 1. The summed E-state index contributed by atoms with van der Waals surface area (Å²) >= 11 is 9.54. The molecule has 0 aromatic heterocycles. The van der Waals surface area contributed by atoms with Crippen LogP contribution in [0.15, 0.2) is 18.2 Å². The highest BCUT2D eigenvalue weighted by Gasteiger charge is 2.31. The highest BCUT2D eigenvalue weighted by molar-refractivity contribution is 9.08. The summed E-state index contributed by atoms with van der Waals surface area (Å²) in [4.78, 5) is 2.38. The van der Waals surface area contributed by atoms with Gasteiger partial charge >= 0.3 is 0 Å². The minimum atomic E-state index is 0.624. The lowest BCUT2D eigenvalue weighted by Crippen LogP contribution is -2.31. The van der Waals surface area contributed by atoms with Gasteiger partial charge in [-0.2, -0.15) is 0 Å². The summed E-state index contributed by atoms with van der Waals surface area (Å²) in [5.41, 5.74) is 2.56. The fraction of sp³-hybridized carbons (Fsp3) is 0.538. The maximum absolute atomic E-state index is 6.02. The molecule has 0 spiro atoms. The van der Waals surface area contributed by atoms with Crippen molar-refractivity contribution in [3.05, 3.63) is 28.8 Å². The molecule has 0 saturated heterocycles. The molecule has 1 saturated carbocycles. The van der Waals surface area contributed by atoms with Crippen LogP contribution >= 0.6 is 27.5 Å². The normalized spacial score (nSPS) is 17.2. The lowest BCUT2D eigenvalue weighted by Gasteiger charge is -2.29. The van der Waals surface area contributed by atoms with Crippen molar-refractivity contribution in [2.24, 2.45) is 5.92 Å². The van der Waals surface area contributed by atoms with Gasteiger partial charge in [0.05, 0.1) is 0 Å². The van der Waals surface area contributed by atoms with E-state index in [2.05, 4.69) is 40.9 Å². The maximum Gasteiger partial charge on any atom is 0.0410 e. The highest BCUT2D eigenvalue weighted by atomic mass is 79.9. The van der Waals surface area contributed by atoms with E-state index >= 15 is 0 Å². The molecule has 16 heavy (non-hydrogen) atoms. The summed E-state index contributed by atoms with van der Waals surface area (Å²) in [5, 5.41) is 1.66. The van der Waals surface area contributed by atoms with Crippen molar-refractivity contribution in [2.45, 2.75) is 31.1 Å². The quantitative estimate of drug-likeness (QED) is 0.742. The monoisotopic (exact) mass is 301 g/mol. The number of hydrogen-bond acceptors (Lipinski definition) is 1. The molecule has 0 bridgehead atoms. The highest BCUT2D eigenvalue weighted by Crippen LogP contribution is 2.37. The van der Waals surface area contributed by atoms with Crippen molar-refractivity contribution < 1.29 is 0 Å². The van der Waals surface area contributed by atoms with E-state index in [1.165, 1.54) is 24.1 Å². The van der Waals surface area contributed by atoms with E-state index in [1.54, 1.807) is 0 Å². The molecule has 1 atom stereocenters. The molecule has 1 unspecified atom stereocenters. The molecule has 1 aromatic carbocycles. The molecule has 0 aliphatic heterocycles. The number of benzene rings is 1. The molecule has 0 N–H and O–H groups in total. The number of hydrogen-bond donors (Lipinski definition) is 0. The van der Waals surface area contributed by atoms with Gasteiger partial charge in [0.25, 0.3) is 0 Å². The molecule has 0 heterocycles. The molecule has 1 aromatic rings. The summed E-state index contributed by atoms with van der Waals surface area (Å²) in [5.74, 6) is 0.879. The zero-order valence-corrected chi connectivity index (χ0v) is 12.1. The second-order valence-electron chi connectivity index (χ2n) is 4.60. The van der Waals surface area contributed by atoms with Gasteiger partial charge in [-0.05, 0) is 49.4 Å². The Morgan fingerprint density at radius 1 is 1.50 bits per heavy atom. The lowest BCUT2D eigenvalue weighted by atomic mass is 10.1. The van der Waals surface area contributed by atoms with Gasteiger partial charge in [-0.1, -0.05) is 27.5 Å². The van der Waals surface area contributed by atoms with Gasteiger partial charge in [0.1, 0.15) is 0 Å². The predicted molar refractivity (Wildman–Crippen MR) is 74.7 cm³/mol. The summed E-state index contributed by atoms with van der Waals surface area (Å²) in [6.45, 7) is 2.31. The predicted octanol–water partition coefficient (Wildman–Crippen LogP) is 4.47. The van der Waals surface area contributed by atoms with E-state index in [0.29, 0.717) is 6.04 Å². The van der Waals surface area contributed by atoms with Crippen LogP contribution in [0.3, 0.4) is 0 Å². The van der Waals surface area contributed by atoms with Gasteiger partial charge in [-0.15, -0.1) is 0 Å². The zero-order valence-electron chi connectivity index (χ0n) is 9.71. The molecule has 1 aliphatic carbocycles. The van der Waals surface area contributed by atoms with Crippen LogP contribution in [0.4, 0.5) is 5.69 Å². The van der Waals surface area contributed by atoms with Crippen molar-refractivity contribution >= 4 is 33.2 Å². The first-order chi connectivity index (χ1) is 7.63. The molecule has 1 nitrogen and oxygen atoms in total. The minimum absolute atomic E-state index is 0.624. The Kier molecular flexibility index (Phi) is 3.81. The third kappa shape index (κ3) is 2.54. The number of halogens is 2. The average molecular weight is 303 g/mol.